The zero-order valence-corrected chi connectivity index (χ0v) is 21.0. The number of sulfonamides is 1. The molecule has 13 heteroatoms. The second-order valence-electron chi connectivity index (χ2n) is 8.35. The largest absolute Gasteiger partial charge is 0.497 e. The highest BCUT2D eigenvalue weighted by molar-refractivity contribution is 7.88. The molecule has 1 aromatic carbocycles. The Morgan fingerprint density at radius 3 is 2.31 bits per heavy atom. The number of nitrogens with one attached hydrogen (secondary N) is 1. The van der Waals surface area contributed by atoms with Crippen LogP contribution in [-0.4, -0.2) is 119 Å². The second-order valence-corrected chi connectivity index (χ2v) is 10.3. The van der Waals surface area contributed by atoms with Crippen molar-refractivity contribution in [2.24, 2.45) is 0 Å². The third kappa shape index (κ3) is 6.83. The fourth-order valence-electron chi connectivity index (χ4n) is 4.05. The molecule has 2 fully saturated rings. The summed E-state index contributed by atoms with van der Waals surface area (Å²) in [6.45, 7) is 1.44. The van der Waals surface area contributed by atoms with Crippen molar-refractivity contribution in [3.05, 3.63) is 29.8 Å². The van der Waals surface area contributed by atoms with Gasteiger partial charge in [-0.15, -0.1) is 0 Å². The SMILES string of the molecule is COC(=O)[C@H](Cc1ccc(OC)cc1)NC(=O)[C@@H]1CN(S(C)(=O)=O)CCN1C(=O)N1CCOCC1. The van der Waals surface area contributed by atoms with Crippen molar-refractivity contribution in [3.63, 3.8) is 0 Å². The zero-order valence-electron chi connectivity index (χ0n) is 20.1. The molecule has 0 aromatic heterocycles. The molecule has 0 unspecified atom stereocenters. The van der Waals surface area contributed by atoms with Crippen molar-refractivity contribution in [1.82, 2.24) is 19.4 Å². The van der Waals surface area contributed by atoms with Crippen LogP contribution in [0.3, 0.4) is 0 Å². The Bertz CT molecular complexity index is 1010. The summed E-state index contributed by atoms with van der Waals surface area (Å²) in [6, 6.07) is 4.49. The number of carbonyl (C=O) groups is 3. The van der Waals surface area contributed by atoms with Gasteiger partial charge in [0.05, 0.1) is 33.7 Å². The van der Waals surface area contributed by atoms with Gasteiger partial charge in [0.1, 0.15) is 17.8 Å². The number of nitrogens with zero attached hydrogens (tertiary/aromatic N) is 3. The van der Waals surface area contributed by atoms with Crippen LogP contribution in [0.2, 0.25) is 0 Å². The number of morpholine rings is 1. The summed E-state index contributed by atoms with van der Waals surface area (Å²) >= 11 is 0. The molecule has 0 bridgehead atoms. The van der Waals surface area contributed by atoms with Crippen molar-refractivity contribution < 1.29 is 37.0 Å². The molecule has 0 spiro atoms. The Morgan fingerprint density at radius 1 is 1.09 bits per heavy atom. The fourth-order valence-corrected chi connectivity index (χ4v) is 4.87. The maximum atomic E-state index is 13.4. The number of carbonyl (C=O) groups excluding carboxylic acids is 3. The smallest absolute Gasteiger partial charge is 0.328 e. The average molecular weight is 513 g/mol. The van der Waals surface area contributed by atoms with Crippen LogP contribution in [0, 0.1) is 0 Å². The number of piperazine rings is 1. The number of rotatable bonds is 7. The van der Waals surface area contributed by atoms with Gasteiger partial charge < -0.3 is 29.3 Å². The van der Waals surface area contributed by atoms with Gasteiger partial charge in [-0.2, -0.15) is 4.31 Å². The molecule has 2 aliphatic heterocycles. The Labute approximate surface area is 205 Å². The summed E-state index contributed by atoms with van der Waals surface area (Å²) in [5.41, 5.74) is 0.754. The Kier molecular flexibility index (Phi) is 8.92. The van der Waals surface area contributed by atoms with Crippen molar-refractivity contribution in [2.75, 3.05) is 66.4 Å². The molecule has 1 aromatic rings. The number of benzene rings is 1. The van der Waals surface area contributed by atoms with Gasteiger partial charge >= 0.3 is 12.0 Å². The van der Waals surface area contributed by atoms with Gasteiger partial charge in [-0.1, -0.05) is 12.1 Å². The number of hydrogen-bond acceptors (Lipinski definition) is 8. The number of amides is 3. The first kappa shape index (κ1) is 26.7. The lowest BCUT2D eigenvalue weighted by Crippen LogP contribution is -2.65. The zero-order chi connectivity index (χ0) is 25.6. The van der Waals surface area contributed by atoms with Crippen molar-refractivity contribution in [2.45, 2.75) is 18.5 Å². The molecular formula is C22H32N4O8S. The van der Waals surface area contributed by atoms with Crippen LogP contribution in [0.1, 0.15) is 5.56 Å². The molecule has 2 saturated heterocycles. The van der Waals surface area contributed by atoms with Crippen LogP contribution in [0.25, 0.3) is 0 Å². The Morgan fingerprint density at radius 2 is 1.74 bits per heavy atom. The van der Waals surface area contributed by atoms with Crippen LogP contribution < -0.4 is 10.1 Å². The Hall–Kier alpha value is -2.90. The molecular weight excluding hydrogens is 480 g/mol. The molecule has 3 amide bonds. The van der Waals surface area contributed by atoms with E-state index in [9.17, 15) is 22.8 Å². The van der Waals surface area contributed by atoms with Gasteiger partial charge in [0.15, 0.2) is 0 Å². The standard InChI is InChI=1S/C22H32N4O8S/c1-32-17-6-4-16(5-7-17)14-18(21(28)33-2)23-20(27)19-15-25(35(3,30)31)8-9-26(19)22(29)24-10-12-34-13-11-24/h4-7,18-19H,8-15H2,1-3H3,(H,23,27)/t18-,19-/m0/s1. The predicted octanol–water partition coefficient (Wildman–Crippen LogP) is -0.706. The van der Waals surface area contributed by atoms with Gasteiger partial charge in [0.2, 0.25) is 15.9 Å². The second kappa shape index (κ2) is 11.7. The van der Waals surface area contributed by atoms with Gasteiger partial charge in [-0.25, -0.2) is 18.0 Å². The highest BCUT2D eigenvalue weighted by Crippen LogP contribution is 2.18. The topological polar surface area (TPSA) is 135 Å². The highest BCUT2D eigenvalue weighted by Gasteiger charge is 2.41. The Balaban J connectivity index is 1.80. The highest BCUT2D eigenvalue weighted by atomic mass is 32.2. The molecule has 1 N–H and O–H groups in total. The first-order valence-electron chi connectivity index (χ1n) is 11.2. The quantitative estimate of drug-likeness (QED) is 0.474. The molecule has 3 rings (SSSR count). The van der Waals surface area contributed by atoms with E-state index in [-0.39, 0.29) is 32.1 Å². The van der Waals surface area contributed by atoms with E-state index in [1.54, 1.807) is 36.3 Å². The van der Waals surface area contributed by atoms with Gasteiger partial charge in [0.25, 0.3) is 0 Å². The van der Waals surface area contributed by atoms with E-state index in [2.05, 4.69) is 5.32 Å². The lowest BCUT2D eigenvalue weighted by molar-refractivity contribution is -0.145. The van der Waals surface area contributed by atoms with Gasteiger partial charge in [-0.3, -0.25) is 4.79 Å². The van der Waals surface area contributed by atoms with Crippen LogP contribution in [0.15, 0.2) is 24.3 Å². The summed E-state index contributed by atoms with van der Waals surface area (Å²) in [6.07, 6.45) is 1.20. The minimum Gasteiger partial charge on any atom is -0.497 e. The van der Waals surface area contributed by atoms with Crippen LogP contribution in [0.5, 0.6) is 5.75 Å². The third-order valence-electron chi connectivity index (χ3n) is 6.04. The van der Waals surface area contributed by atoms with E-state index in [0.717, 1.165) is 16.1 Å². The fraction of sp³-hybridized carbons (Fsp3) is 0.591. The van der Waals surface area contributed by atoms with Gasteiger partial charge in [-0.05, 0) is 17.7 Å². The number of hydrogen-bond donors (Lipinski definition) is 1. The lowest BCUT2D eigenvalue weighted by Gasteiger charge is -2.42. The van der Waals surface area contributed by atoms with Crippen molar-refractivity contribution >= 4 is 27.9 Å². The minimum atomic E-state index is -3.59. The van der Waals surface area contributed by atoms with E-state index < -0.39 is 34.0 Å². The number of methoxy groups -OCH3 is 2. The average Bonchev–Trinajstić information content (AvgIpc) is 2.87. The molecule has 0 saturated carbocycles. The lowest BCUT2D eigenvalue weighted by atomic mass is 10.0. The van der Waals surface area contributed by atoms with E-state index in [1.807, 2.05) is 0 Å². The van der Waals surface area contributed by atoms with Gasteiger partial charge in [0, 0.05) is 39.1 Å². The molecule has 2 aliphatic rings. The monoisotopic (exact) mass is 512 g/mol. The van der Waals surface area contributed by atoms with E-state index >= 15 is 0 Å². The van der Waals surface area contributed by atoms with Crippen LogP contribution in [-0.2, 0) is 35.5 Å². The number of esters is 1. The summed E-state index contributed by atoms with van der Waals surface area (Å²) in [5.74, 6) is -0.646. The molecule has 2 atom stereocenters. The first-order chi connectivity index (χ1) is 16.6. The molecule has 12 nitrogen and oxygen atoms in total. The molecule has 35 heavy (non-hydrogen) atoms. The molecule has 2 heterocycles. The summed E-state index contributed by atoms with van der Waals surface area (Å²) in [4.78, 5) is 42.0. The van der Waals surface area contributed by atoms with E-state index in [0.29, 0.717) is 32.1 Å². The summed E-state index contributed by atoms with van der Waals surface area (Å²) in [7, 11) is -0.833. The summed E-state index contributed by atoms with van der Waals surface area (Å²) in [5, 5.41) is 2.67. The third-order valence-corrected chi connectivity index (χ3v) is 7.31. The van der Waals surface area contributed by atoms with E-state index in [4.69, 9.17) is 14.2 Å². The maximum absolute atomic E-state index is 13.4. The van der Waals surface area contributed by atoms with Crippen molar-refractivity contribution in [3.8, 4) is 5.75 Å². The van der Waals surface area contributed by atoms with Crippen molar-refractivity contribution in [1.29, 1.82) is 0 Å². The normalized spacial score (nSPS) is 20.1. The predicted molar refractivity (Wildman–Crippen MR) is 125 cm³/mol. The van der Waals surface area contributed by atoms with Crippen LogP contribution >= 0.6 is 0 Å². The maximum Gasteiger partial charge on any atom is 0.328 e. The van der Waals surface area contributed by atoms with E-state index in [1.165, 1.54) is 12.0 Å². The van der Waals surface area contributed by atoms with Crippen LogP contribution in [0.4, 0.5) is 4.79 Å². The molecule has 0 aliphatic carbocycles. The minimum absolute atomic E-state index is 0.0444. The first-order valence-corrected chi connectivity index (χ1v) is 13.1. The summed E-state index contributed by atoms with van der Waals surface area (Å²) < 4.78 is 40.8. The molecule has 194 valence electrons. The number of urea groups is 1. The number of ether oxygens (including phenoxy) is 3. The molecule has 0 radical (unpaired) electrons.